The summed E-state index contributed by atoms with van der Waals surface area (Å²) in [6.45, 7) is 9.28. The van der Waals surface area contributed by atoms with Crippen LogP contribution in [-0.2, 0) is 15.9 Å². The third-order valence-electron chi connectivity index (χ3n) is 4.27. The number of aliphatic hydroxyl groups excluding tert-OH is 1. The van der Waals surface area contributed by atoms with Gasteiger partial charge in [0.25, 0.3) is 0 Å². The Balaban J connectivity index is 2.02. The fourth-order valence-corrected chi connectivity index (χ4v) is 2.24. The molecule has 1 fully saturated rings. The fraction of sp³-hybridized carbons (Fsp3) is 0.786. The minimum Gasteiger partial charge on any atom is -0.398 e. The van der Waals surface area contributed by atoms with Crippen LogP contribution >= 0.6 is 0 Å². The molecule has 1 aliphatic heterocycles. The first-order chi connectivity index (χ1) is 9.37. The summed E-state index contributed by atoms with van der Waals surface area (Å²) in [6.07, 6.45) is 4.62. The molecule has 0 spiro atoms. The van der Waals surface area contributed by atoms with E-state index in [2.05, 4.69) is 32.8 Å². The molecular weight excluding hydrogens is 255 g/mol. The van der Waals surface area contributed by atoms with Gasteiger partial charge < -0.3 is 14.4 Å². The lowest BCUT2D eigenvalue weighted by molar-refractivity contribution is 0.00578. The summed E-state index contributed by atoms with van der Waals surface area (Å²) in [7, 11) is -0.361. The van der Waals surface area contributed by atoms with Gasteiger partial charge in [-0.05, 0) is 53.0 Å². The first kappa shape index (κ1) is 15.5. The molecule has 5 nitrogen and oxygen atoms in total. The van der Waals surface area contributed by atoms with E-state index in [0.29, 0.717) is 0 Å². The van der Waals surface area contributed by atoms with E-state index in [1.165, 1.54) is 0 Å². The van der Waals surface area contributed by atoms with Gasteiger partial charge >= 0.3 is 7.12 Å². The van der Waals surface area contributed by atoms with Crippen molar-refractivity contribution in [2.45, 2.75) is 64.7 Å². The second-order valence-electron chi connectivity index (χ2n) is 6.35. The molecule has 0 amide bonds. The van der Waals surface area contributed by atoms with Crippen LogP contribution in [-0.4, -0.2) is 39.8 Å². The average molecular weight is 280 g/mol. The number of aryl methyl sites for hydroxylation is 1. The Kier molecular flexibility index (Phi) is 4.57. The predicted octanol–water partition coefficient (Wildman–Crippen LogP) is 1.34. The Morgan fingerprint density at radius 1 is 1.15 bits per heavy atom. The molecule has 1 N–H and O–H groups in total. The third kappa shape index (κ3) is 3.08. The minimum absolute atomic E-state index is 0.253. The Hall–Kier alpha value is -0.845. The second-order valence-corrected chi connectivity index (χ2v) is 6.35. The van der Waals surface area contributed by atoms with Crippen molar-refractivity contribution in [3.8, 4) is 0 Å². The van der Waals surface area contributed by atoms with E-state index in [-0.39, 0.29) is 24.9 Å². The zero-order chi connectivity index (χ0) is 14.8. The maximum atomic E-state index is 8.80. The van der Waals surface area contributed by atoms with Crippen molar-refractivity contribution in [2.75, 3.05) is 6.61 Å². The Bertz CT molecular complexity index is 429. The zero-order valence-electron chi connectivity index (χ0n) is 12.9. The highest BCUT2D eigenvalue weighted by Crippen LogP contribution is 2.36. The summed E-state index contributed by atoms with van der Waals surface area (Å²) in [5.74, 6) is 0. The standard InChI is InChI=1S/C14H25BN2O3/c1-13(2)14(3,4)20-15(19-13)12-8-9-16-17(12)10-6-5-7-11-18/h8-9,18H,5-7,10-11H2,1-4H3. The maximum Gasteiger partial charge on any atom is 0.514 e. The fourth-order valence-electron chi connectivity index (χ4n) is 2.24. The molecule has 0 bridgehead atoms. The smallest absolute Gasteiger partial charge is 0.398 e. The summed E-state index contributed by atoms with van der Waals surface area (Å²) < 4.78 is 14.1. The summed E-state index contributed by atoms with van der Waals surface area (Å²) in [4.78, 5) is 0. The van der Waals surface area contributed by atoms with Crippen molar-refractivity contribution in [1.29, 1.82) is 0 Å². The van der Waals surface area contributed by atoms with E-state index < -0.39 is 0 Å². The molecule has 0 radical (unpaired) electrons. The van der Waals surface area contributed by atoms with Crippen LogP contribution in [0.15, 0.2) is 12.3 Å². The van der Waals surface area contributed by atoms with Crippen LogP contribution in [0.25, 0.3) is 0 Å². The molecule has 0 atom stereocenters. The molecule has 2 heterocycles. The number of rotatable bonds is 6. The number of aliphatic hydroxyl groups is 1. The third-order valence-corrected chi connectivity index (χ3v) is 4.27. The van der Waals surface area contributed by atoms with Gasteiger partial charge in [0.1, 0.15) is 0 Å². The summed E-state index contributed by atoms with van der Waals surface area (Å²) >= 11 is 0. The molecular formula is C14H25BN2O3. The minimum atomic E-state index is -0.361. The van der Waals surface area contributed by atoms with Gasteiger partial charge in [0, 0.05) is 19.3 Å². The number of hydrogen-bond acceptors (Lipinski definition) is 4. The van der Waals surface area contributed by atoms with Crippen molar-refractivity contribution in [2.24, 2.45) is 0 Å². The summed E-state index contributed by atoms with van der Waals surface area (Å²) in [5.41, 5.74) is 0.306. The number of hydrogen-bond donors (Lipinski definition) is 1. The van der Waals surface area contributed by atoms with Gasteiger partial charge in [0.05, 0.1) is 16.8 Å². The molecule has 0 unspecified atom stereocenters. The van der Waals surface area contributed by atoms with Crippen LogP contribution in [0.3, 0.4) is 0 Å². The topological polar surface area (TPSA) is 56.5 Å². The highest BCUT2D eigenvalue weighted by Gasteiger charge is 2.52. The first-order valence-corrected chi connectivity index (χ1v) is 7.35. The van der Waals surface area contributed by atoms with Crippen molar-refractivity contribution in [1.82, 2.24) is 9.78 Å². The largest absolute Gasteiger partial charge is 0.514 e. The maximum absolute atomic E-state index is 8.80. The molecule has 2 rings (SSSR count). The molecule has 0 aromatic carbocycles. The lowest BCUT2D eigenvalue weighted by atomic mass is 9.84. The van der Waals surface area contributed by atoms with E-state index in [4.69, 9.17) is 14.4 Å². The van der Waals surface area contributed by atoms with Gasteiger partial charge in [-0.15, -0.1) is 0 Å². The normalized spacial score (nSPS) is 20.6. The van der Waals surface area contributed by atoms with Crippen LogP contribution in [0, 0.1) is 0 Å². The molecule has 1 saturated heterocycles. The van der Waals surface area contributed by atoms with Gasteiger partial charge in [-0.3, -0.25) is 4.68 Å². The van der Waals surface area contributed by atoms with E-state index in [1.807, 2.05) is 10.7 Å². The van der Waals surface area contributed by atoms with Crippen molar-refractivity contribution in [3.63, 3.8) is 0 Å². The lowest BCUT2D eigenvalue weighted by Crippen LogP contribution is -2.41. The molecule has 0 saturated carbocycles. The Morgan fingerprint density at radius 3 is 2.40 bits per heavy atom. The number of unbranched alkanes of at least 4 members (excludes halogenated alkanes) is 2. The zero-order valence-corrected chi connectivity index (χ0v) is 12.9. The van der Waals surface area contributed by atoms with E-state index >= 15 is 0 Å². The molecule has 112 valence electrons. The van der Waals surface area contributed by atoms with Gasteiger partial charge in [-0.1, -0.05) is 0 Å². The van der Waals surface area contributed by atoms with Crippen LogP contribution in [0.4, 0.5) is 0 Å². The molecule has 20 heavy (non-hydrogen) atoms. The molecule has 1 aliphatic rings. The van der Waals surface area contributed by atoms with Gasteiger partial charge in [0.2, 0.25) is 0 Å². The van der Waals surface area contributed by atoms with Crippen LogP contribution in [0.5, 0.6) is 0 Å². The molecule has 6 heteroatoms. The SMILES string of the molecule is CC1(C)OB(c2ccnn2CCCCCO)OC1(C)C. The first-order valence-electron chi connectivity index (χ1n) is 7.35. The van der Waals surface area contributed by atoms with Crippen LogP contribution < -0.4 is 5.59 Å². The van der Waals surface area contributed by atoms with Crippen LogP contribution in [0.2, 0.25) is 0 Å². The van der Waals surface area contributed by atoms with Gasteiger partial charge in [-0.2, -0.15) is 5.10 Å². The van der Waals surface area contributed by atoms with E-state index in [9.17, 15) is 0 Å². The Labute approximate surface area is 121 Å². The Morgan fingerprint density at radius 2 is 1.80 bits per heavy atom. The second kappa shape index (κ2) is 5.88. The monoisotopic (exact) mass is 280 g/mol. The quantitative estimate of drug-likeness (QED) is 0.631. The van der Waals surface area contributed by atoms with Crippen LogP contribution in [0.1, 0.15) is 47.0 Å². The highest BCUT2D eigenvalue weighted by molar-refractivity contribution is 6.61. The number of nitrogens with zero attached hydrogens (tertiary/aromatic N) is 2. The lowest BCUT2D eigenvalue weighted by Gasteiger charge is -2.32. The van der Waals surface area contributed by atoms with Crippen molar-refractivity contribution in [3.05, 3.63) is 12.3 Å². The highest BCUT2D eigenvalue weighted by atomic mass is 16.7. The summed E-state index contributed by atoms with van der Waals surface area (Å²) in [6, 6.07) is 1.95. The van der Waals surface area contributed by atoms with Crippen molar-refractivity contribution < 1.29 is 14.4 Å². The number of aromatic nitrogens is 2. The van der Waals surface area contributed by atoms with Crippen molar-refractivity contribution >= 4 is 12.7 Å². The van der Waals surface area contributed by atoms with Gasteiger partial charge in [0.15, 0.2) is 0 Å². The molecule has 1 aromatic rings. The van der Waals surface area contributed by atoms with E-state index in [0.717, 1.165) is 31.4 Å². The molecule has 1 aromatic heterocycles. The van der Waals surface area contributed by atoms with Gasteiger partial charge in [-0.25, -0.2) is 0 Å². The predicted molar refractivity (Wildman–Crippen MR) is 78.9 cm³/mol. The van der Waals surface area contributed by atoms with E-state index in [1.54, 1.807) is 6.20 Å². The average Bonchev–Trinajstić information content (AvgIpc) is 2.88. The molecule has 0 aliphatic carbocycles. The summed E-state index contributed by atoms with van der Waals surface area (Å²) in [5, 5.41) is 13.2.